The first-order chi connectivity index (χ1) is 14.9. The summed E-state index contributed by atoms with van der Waals surface area (Å²) in [6.45, 7) is 6.66. The van der Waals surface area contributed by atoms with Gasteiger partial charge in [-0.1, -0.05) is 13.8 Å². The predicted octanol–water partition coefficient (Wildman–Crippen LogP) is 2.32. The highest BCUT2D eigenvalue weighted by Crippen LogP contribution is 2.41. The molecule has 0 N–H and O–H groups in total. The van der Waals surface area contributed by atoms with Crippen molar-refractivity contribution in [2.75, 3.05) is 47.9 Å². The summed E-state index contributed by atoms with van der Waals surface area (Å²) in [4.78, 5) is 21.8. The van der Waals surface area contributed by atoms with Crippen LogP contribution in [0.15, 0.2) is 18.3 Å². The molecule has 0 aliphatic carbocycles. The average Bonchev–Trinajstić information content (AvgIpc) is 2.75. The van der Waals surface area contributed by atoms with Crippen molar-refractivity contribution < 1.29 is 23.7 Å². The van der Waals surface area contributed by atoms with E-state index in [9.17, 15) is 4.79 Å². The third kappa shape index (κ3) is 5.55. The third-order valence-corrected chi connectivity index (χ3v) is 6.13. The van der Waals surface area contributed by atoms with E-state index in [1.807, 2.05) is 12.1 Å². The lowest BCUT2D eigenvalue weighted by atomic mass is 9.75. The maximum atomic E-state index is 13.2. The molecule has 174 valence electrons. The summed E-state index contributed by atoms with van der Waals surface area (Å²) in [5.41, 5.74) is -0.224. The molecule has 2 aliphatic rings. The molecule has 0 aromatic carbocycles. The highest BCUT2D eigenvalue weighted by atomic mass is 16.7. The lowest BCUT2D eigenvalue weighted by molar-refractivity contribution is -0.235. The largest absolute Gasteiger partial charge is 0.490 e. The van der Waals surface area contributed by atoms with E-state index < -0.39 is 5.60 Å². The monoisotopic (exact) mass is 435 g/mol. The van der Waals surface area contributed by atoms with Crippen molar-refractivity contribution in [3.8, 4) is 5.75 Å². The normalized spacial score (nSPS) is 25.2. The van der Waals surface area contributed by atoms with Gasteiger partial charge in [0.1, 0.15) is 25.4 Å². The molecule has 2 fully saturated rings. The Labute approximate surface area is 185 Å². The molecule has 0 saturated carbocycles. The number of likely N-dealkylation sites (tertiary alicyclic amines) is 2. The van der Waals surface area contributed by atoms with Gasteiger partial charge in [0.15, 0.2) is 5.60 Å². The van der Waals surface area contributed by atoms with Gasteiger partial charge in [-0.3, -0.25) is 9.78 Å². The molecule has 3 rings (SSSR count). The Morgan fingerprint density at radius 1 is 1.23 bits per heavy atom. The van der Waals surface area contributed by atoms with Gasteiger partial charge in [-0.25, -0.2) is 0 Å². The zero-order valence-electron chi connectivity index (χ0n) is 19.5. The summed E-state index contributed by atoms with van der Waals surface area (Å²) in [5.74, 6) is 1.11. The minimum atomic E-state index is -1.00. The van der Waals surface area contributed by atoms with Crippen molar-refractivity contribution in [2.24, 2.45) is 5.92 Å². The van der Waals surface area contributed by atoms with E-state index in [0.29, 0.717) is 12.3 Å². The van der Waals surface area contributed by atoms with Crippen molar-refractivity contribution >= 4 is 5.91 Å². The smallest absolute Gasteiger partial charge is 0.259 e. The Hall–Kier alpha value is -1.74. The van der Waals surface area contributed by atoms with Gasteiger partial charge in [-0.05, 0) is 38.3 Å². The molecule has 31 heavy (non-hydrogen) atoms. The Kier molecular flexibility index (Phi) is 8.27. The van der Waals surface area contributed by atoms with Crippen LogP contribution in [0.5, 0.6) is 5.75 Å². The summed E-state index contributed by atoms with van der Waals surface area (Å²) >= 11 is 0. The molecular formula is C23H37N3O5. The number of amides is 1. The Morgan fingerprint density at radius 2 is 1.97 bits per heavy atom. The highest BCUT2D eigenvalue weighted by Gasteiger charge is 2.62. The quantitative estimate of drug-likeness (QED) is 0.390. The van der Waals surface area contributed by atoms with E-state index >= 15 is 0 Å². The summed E-state index contributed by atoms with van der Waals surface area (Å²) in [5, 5.41) is 0. The lowest BCUT2D eigenvalue weighted by Gasteiger charge is -2.55. The zero-order valence-corrected chi connectivity index (χ0v) is 19.5. The number of ether oxygens (including phenoxy) is 4. The van der Waals surface area contributed by atoms with E-state index in [0.717, 1.165) is 43.8 Å². The number of β-lactam (4-membered cyclic amide) rings is 1. The van der Waals surface area contributed by atoms with Crippen LogP contribution in [-0.2, 0) is 25.4 Å². The van der Waals surface area contributed by atoms with Crippen LogP contribution < -0.4 is 4.74 Å². The number of nitrogens with zero attached hydrogens (tertiary/aromatic N) is 3. The molecule has 8 heteroatoms. The fraction of sp³-hybridized carbons (Fsp3) is 0.739. The summed E-state index contributed by atoms with van der Waals surface area (Å²) in [6.07, 6.45) is 5.16. The maximum absolute atomic E-state index is 13.2. The second-order valence-corrected chi connectivity index (χ2v) is 9.06. The van der Waals surface area contributed by atoms with Gasteiger partial charge in [0.2, 0.25) is 0 Å². The van der Waals surface area contributed by atoms with E-state index in [1.54, 1.807) is 25.3 Å². The van der Waals surface area contributed by atoms with E-state index in [1.165, 1.54) is 0 Å². The fourth-order valence-electron chi connectivity index (χ4n) is 4.52. The SMILES string of the molecule is COCO[C@]1(Cc2cc(OC3CCN(C)CC3)ccn2)C(=O)N(COC)[C@H]1CC(C)C. The molecule has 0 radical (unpaired) electrons. The van der Waals surface area contributed by atoms with Crippen molar-refractivity contribution in [3.63, 3.8) is 0 Å². The molecule has 8 nitrogen and oxygen atoms in total. The van der Waals surface area contributed by atoms with Gasteiger partial charge in [0.05, 0.1) is 6.04 Å². The highest BCUT2D eigenvalue weighted by molar-refractivity contribution is 5.93. The van der Waals surface area contributed by atoms with Gasteiger partial charge >= 0.3 is 0 Å². The molecule has 0 bridgehead atoms. The second kappa shape index (κ2) is 10.7. The van der Waals surface area contributed by atoms with Crippen molar-refractivity contribution in [1.82, 2.24) is 14.8 Å². The first-order valence-electron chi connectivity index (χ1n) is 11.1. The summed E-state index contributed by atoms with van der Waals surface area (Å²) in [6, 6.07) is 3.72. The minimum Gasteiger partial charge on any atom is -0.490 e. The van der Waals surface area contributed by atoms with E-state index in [-0.39, 0.29) is 31.6 Å². The minimum absolute atomic E-state index is 0.0486. The molecule has 3 heterocycles. The predicted molar refractivity (Wildman–Crippen MR) is 117 cm³/mol. The van der Waals surface area contributed by atoms with Gasteiger partial charge in [0.25, 0.3) is 5.91 Å². The maximum Gasteiger partial charge on any atom is 0.259 e. The van der Waals surface area contributed by atoms with Gasteiger partial charge < -0.3 is 28.7 Å². The van der Waals surface area contributed by atoms with Crippen LogP contribution in [0.2, 0.25) is 0 Å². The van der Waals surface area contributed by atoms with E-state index in [2.05, 4.69) is 30.8 Å². The number of methoxy groups -OCH3 is 2. The molecule has 2 atom stereocenters. The molecule has 1 aromatic heterocycles. The molecule has 2 aliphatic heterocycles. The second-order valence-electron chi connectivity index (χ2n) is 9.06. The molecule has 1 amide bonds. The van der Waals surface area contributed by atoms with Crippen LogP contribution in [-0.4, -0.2) is 86.3 Å². The van der Waals surface area contributed by atoms with Crippen LogP contribution in [0.3, 0.4) is 0 Å². The number of piperidine rings is 1. The molecule has 0 spiro atoms. The Bertz CT molecular complexity index is 723. The van der Waals surface area contributed by atoms with Gasteiger partial charge in [-0.2, -0.15) is 0 Å². The van der Waals surface area contributed by atoms with Crippen molar-refractivity contribution in [2.45, 2.75) is 57.3 Å². The number of pyridine rings is 1. The molecular weight excluding hydrogens is 398 g/mol. The van der Waals surface area contributed by atoms with E-state index in [4.69, 9.17) is 18.9 Å². The summed E-state index contributed by atoms with van der Waals surface area (Å²) < 4.78 is 22.7. The molecule has 0 unspecified atom stereocenters. The molecule has 2 saturated heterocycles. The first kappa shape index (κ1) is 23.9. The number of rotatable bonds is 11. The summed E-state index contributed by atoms with van der Waals surface area (Å²) in [7, 11) is 5.30. The average molecular weight is 436 g/mol. The number of hydrogen-bond acceptors (Lipinski definition) is 7. The topological polar surface area (TPSA) is 73.4 Å². The Balaban J connectivity index is 1.78. The first-order valence-corrected chi connectivity index (χ1v) is 11.1. The fourth-order valence-corrected chi connectivity index (χ4v) is 4.52. The van der Waals surface area contributed by atoms with Crippen LogP contribution in [0.25, 0.3) is 0 Å². The van der Waals surface area contributed by atoms with Crippen molar-refractivity contribution in [1.29, 1.82) is 0 Å². The Morgan fingerprint density at radius 3 is 2.61 bits per heavy atom. The van der Waals surface area contributed by atoms with Gasteiger partial charge in [0, 0.05) is 51.7 Å². The van der Waals surface area contributed by atoms with Crippen LogP contribution in [0.4, 0.5) is 0 Å². The van der Waals surface area contributed by atoms with Crippen LogP contribution in [0, 0.1) is 5.92 Å². The number of carbonyl (C=O) groups excluding carboxylic acids is 1. The van der Waals surface area contributed by atoms with Crippen molar-refractivity contribution in [3.05, 3.63) is 24.0 Å². The van der Waals surface area contributed by atoms with Crippen LogP contribution in [0.1, 0.15) is 38.8 Å². The lowest BCUT2D eigenvalue weighted by Crippen LogP contribution is -2.76. The van der Waals surface area contributed by atoms with Gasteiger partial charge in [-0.15, -0.1) is 0 Å². The van der Waals surface area contributed by atoms with Crippen LogP contribution >= 0.6 is 0 Å². The standard InChI is InChI=1S/C23H37N3O5/c1-17(2)12-21-23(30-16-29-5,22(27)26(21)15-28-4)14-18-13-20(6-9-24-18)31-19-7-10-25(3)11-8-19/h6,9,13,17,19,21H,7-8,10-12,14-16H2,1-5H3/t21-,23-/m0/s1. The number of carbonyl (C=O) groups is 1. The zero-order chi connectivity index (χ0) is 22.4. The molecule has 1 aromatic rings. The number of aromatic nitrogens is 1. The number of hydrogen-bond donors (Lipinski definition) is 0. The third-order valence-electron chi connectivity index (χ3n) is 6.13.